The van der Waals surface area contributed by atoms with Crippen molar-refractivity contribution in [3.8, 4) is 0 Å². The fourth-order valence-electron chi connectivity index (χ4n) is 2.56. The van der Waals surface area contributed by atoms with Crippen LogP contribution in [0.3, 0.4) is 0 Å². The molecule has 0 bridgehead atoms. The molecule has 2 aromatic carbocycles. The van der Waals surface area contributed by atoms with E-state index in [9.17, 15) is 0 Å². The zero-order valence-corrected chi connectivity index (χ0v) is 13.0. The number of benzene rings is 2. The Hall–Kier alpha value is -1.75. The van der Waals surface area contributed by atoms with Crippen LogP contribution in [0.15, 0.2) is 53.9 Å². The highest BCUT2D eigenvalue weighted by Crippen LogP contribution is 2.31. The summed E-state index contributed by atoms with van der Waals surface area (Å²) in [7, 11) is 0. The molecular weight excluding hydrogens is 296 g/mol. The molecule has 0 saturated carbocycles. The second-order valence-corrected chi connectivity index (χ2v) is 7.06. The maximum absolute atomic E-state index is 6.39. The molecule has 104 valence electrons. The lowest BCUT2D eigenvalue weighted by molar-refractivity contribution is 0.722. The highest BCUT2D eigenvalue weighted by Gasteiger charge is 2.14. The number of thiazole rings is 1. The molecule has 2 aromatic heterocycles. The van der Waals surface area contributed by atoms with Gasteiger partial charge >= 0.3 is 0 Å². The van der Waals surface area contributed by atoms with E-state index in [1.54, 1.807) is 22.7 Å². The van der Waals surface area contributed by atoms with Crippen molar-refractivity contribution in [3.63, 3.8) is 0 Å². The molecule has 0 fully saturated rings. The number of thiophene rings is 1. The molecule has 0 aliphatic rings. The lowest BCUT2D eigenvalue weighted by atomic mass is 10.1. The summed E-state index contributed by atoms with van der Waals surface area (Å²) >= 11 is 3.48. The van der Waals surface area contributed by atoms with Crippen LogP contribution in [0.2, 0.25) is 0 Å². The zero-order valence-electron chi connectivity index (χ0n) is 11.3. The number of para-hydroxylation sites is 1. The quantitative estimate of drug-likeness (QED) is 0.593. The molecule has 4 aromatic rings. The van der Waals surface area contributed by atoms with Gasteiger partial charge in [0.1, 0.15) is 5.01 Å². The third kappa shape index (κ3) is 2.35. The van der Waals surface area contributed by atoms with Crippen molar-refractivity contribution in [2.24, 2.45) is 5.73 Å². The molecule has 0 saturated heterocycles. The van der Waals surface area contributed by atoms with Crippen LogP contribution in [0, 0.1) is 0 Å². The van der Waals surface area contributed by atoms with Crippen LogP contribution in [0.1, 0.15) is 16.6 Å². The van der Waals surface area contributed by atoms with Crippen molar-refractivity contribution >= 4 is 43.0 Å². The molecule has 21 heavy (non-hydrogen) atoms. The molecule has 0 radical (unpaired) electrons. The summed E-state index contributed by atoms with van der Waals surface area (Å²) in [5.41, 5.74) is 8.76. The Kier molecular flexibility index (Phi) is 3.22. The number of hydrogen-bond acceptors (Lipinski definition) is 4. The molecule has 0 amide bonds. The summed E-state index contributed by atoms with van der Waals surface area (Å²) in [4.78, 5) is 4.67. The van der Waals surface area contributed by atoms with E-state index < -0.39 is 0 Å². The van der Waals surface area contributed by atoms with Gasteiger partial charge in [0.15, 0.2) is 0 Å². The highest BCUT2D eigenvalue weighted by atomic mass is 32.1. The highest BCUT2D eigenvalue weighted by molar-refractivity contribution is 7.18. The van der Waals surface area contributed by atoms with Gasteiger partial charge in [-0.2, -0.15) is 0 Å². The molecular formula is C17H14N2S2. The van der Waals surface area contributed by atoms with Gasteiger partial charge in [0, 0.05) is 4.70 Å². The van der Waals surface area contributed by atoms with E-state index in [0.717, 1.165) is 16.9 Å². The Morgan fingerprint density at radius 1 is 1.00 bits per heavy atom. The maximum atomic E-state index is 6.39. The third-order valence-corrected chi connectivity index (χ3v) is 5.81. The monoisotopic (exact) mass is 310 g/mol. The Labute approximate surface area is 130 Å². The normalized spacial score (nSPS) is 13.0. The minimum atomic E-state index is -0.0413. The second kappa shape index (κ2) is 5.22. The molecule has 1 unspecified atom stereocenters. The number of nitrogens with two attached hydrogens (primary N) is 1. The van der Waals surface area contributed by atoms with Crippen LogP contribution in [0.4, 0.5) is 0 Å². The van der Waals surface area contributed by atoms with Crippen LogP contribution in [-0.2, 0) is 6.42 Å². The average Bonchev–Trinajstić information content (AvgIpc) is 3.11. The first-order valence-corrected chi connectivity index (χ1v) is 8.57. The lowest BCUT2D eigenvalue weighted by Crippen LogP contribution is -2.12. The van der Waals surface area contributed by atoms with Gasteiger partial charge in [-0.15, -0.1) is 22.7 Å². The number of fused-ring (bicyclic) bond motifs is 2. The summed E-state index contributed by atoms with van der Waals surface area (Å²) in [5, 5.41) is 4.56. The first-order valence-electron chi connectivity index (χ1n) is 6.87. The molecule has 2 N–H and O–H groups in total. The van der Waals surface area contributed by atoms with Gasteiger partial charge in [-0.3, -0.25) is 0 Å². The van der Waals surface area contributed by atoms with E-state index in [4.69, 9.17) is 5.73 Å². The summed E-state index contributed by atoms with van der Waals surface area (Å²) in [6, 6.07) is 16.7. The standard InChI is InChI=1S/C17H14N2S2/c18-13(17-19-14-6-2-4-8-16(14)21-17)9-11-10-20-15-7-3-1-5-12(11)15/h1-8,10,13H,9,18H2. The Balaban J connectivity index is 1.67. The Morgan fingerprint density at radius 3 is 2.62 bits per heavy atom. The van der Waals surface area contributed by atoms with Gasteiger partial charge in [-0.05, 0) is 40.9 Å². The third-order valence-electron chi connectivity index (χ3n) is 3.63. The predicted molar refractivity (Wildman–Crippen MR) is 92.1 cm³/mol. The first kappa shape index (κ1) is 13.0. The van der Waals surface area contributed by atoms with Crippen LogP contribution in [-0.4, -0.2) is 4.98 Å². The molecule has 2 heterocycles. The largest absolute Gasteiger partial charge is 0.322 e. The molecule has 0 aliphatic carbocycles. The second-order valence-electron chi connectivity index (χ2n) is 5.09. The van der Waals surface area contributed by atoms with E-state index in [1.165, 1.54) is 20.3 Å². The van der Waals surface area contributed by atoms with E-state index in [-0.39, 0.29) is 6.04 Å². The van der Waals surface area contributed by atoms with Crippen LogP contribution >= 0.6 is 22.7 Å². The van der Waals surface area contributed by atoms with Crippen LogP contribution in [0.25, 0.3) is 20.3 Å². The first-order chi connectivity index (χ1) is 10.3. The Bertz CT molecular complexity index is 874. The molecule has 0 spiro atoms. The molecule has 4 rings (SSSR count). The van der Waals surface area contributed by atoms with Gasteiger partial charge in [-0.25, -0.2) is 4.98 Å². The minimum absolute atomic E-state index is 0.0413. The van der Waals surface area contributed by atoms with Gasteiger partial charge in [-0.1, -0.05) is 30.3 Å². The maximum Gasteiger partial charge on any atom is 0.111 e. The van der Waals surface area contributed by atoms with Crippen molar-refractivity contribution < 1.29 is 0 Å². The van der Waals surface area contributed by atoms with Crippen molar-refractivity contribution in [2.45, 2.75) is 12.5 Å². The molecule has 1 atom stereocenters. The summed E-state index contributed by atoms with van der Waals surface area (Å²) < 4.78 is 2.53. The van der Waals surface area contributed by atoms with E-state index >= 15 is 0 Å². The van der Waals surface area contributed by atoms with Gasteiger partial charge in [0.25, 0.3) is 0 Å². The Morgan fingerprint density at radius 2 is 1.76 bits per heavy atom. The summed E-state index contributed by atoms with van der Waals surface area (Å²) in [6.45, 7) is 0. The smallest absolute Gasteiger partial charge is 0.111 e. The minimum Gasteiger partial charge on any atom is -0.322 e. The molecule has 0 aliphatic heterocycles. The van der Waals surface area contributed by atoms with E-state index in [2.05, 4.69) is 40.7 Å². The SMILES string of the molecule is NC(Cc1csc2ccccc12)c1nc2ccccc2s1. The van der Waals surface area contributed by atoms with Crippen molar-refractivity contribution in [1.82, 2.24) is 4.98 Å². The van der Waals surface area contributed by atoms with Crippen LogP contribution in [0.5, 0.6) is 0 Å². The van der Waals surface area contributed by atoms with E-state index in [1.807, 2.05) is 18.2 Å². The van der Waals surface area contributed by atoms with E-state index in [0.29, 0.717) is 0 Å². The van der Waals surface area contributed by atoms with Crippen LogP contribution < -0.4 is 5.73 Å². The number of hydrogen-bond donors (Lipinski definition) is 1. The number of aromatic nitrogens is 1. The number of nitrogens with zero attached hydrogens (tertiary/aromatic N) is 1. The fourth-order valence-corrected chi connectivity index (χ4v) is 4.51. The van der Waals surface area contributed by atoms with Gasteiger partial charge in [0.2, 0.25) is 0 Å². The number of rotatable bonds is 3. The van der Waals surface area contributed by atoms with Gasteiger partial charge < -0.3 is 5.73 Å². The summed E-state index contributed by atoms with van der Waals surface area (Å²) in [5.74, 6) is 0. The van der Waals surface area contributed by atoms with Crippen molar-refractivity contribution in [2.75, 3.05) is 0 Å². The van der Waals surface area contributed by atoms with Gasteiger partial charge in [0.05, 0.1) is 16.3 Å². The average molecular weight is 310 g/mol. The fraction of sp³-hybridized carbons (Fsp3) is 0.118. The molecule has 2 nitrogen and oxygen atoms in total. The molecule has 4 heteroatoms. The summed E-state index contributed by atoms with van der Waals surface area (Å²) in [6.07, 6.45) is 0.837. The zero-order chi connectivity index (χ0) is 14.2. The van der Waals surface area contributed by atoms with Crippen molar-refractivity contribution in [1.29, 1.82) is 0 Å². The lowest BCUT2D eigenvalue weighted by Gasteiger charge is -2.07. The predicted octanol–water partition coefficient (Wildman–Crippen LogP) is 4.75. The topological polar surface area (TPSA) is 38.9 Å². The van der Waals surface area contributed by atoms with Crippen molar-refractivity contribution in [3.05, 3.63) is 64.5 Å².